The Morgan fingerprint density at radius 3 is 2.57 bits per heavy atom. The summed E-state index contributed by atoms with van der Waals surface area (Å²) in [6.45, 7) is 2.37. The van der Waals surface area contributed by atoms with Crippen LogP contribution in [0, 0.1) is 0 Å². The van der Waals surface area contributed by atoms with Crippen molar-refractivity contribution in [1.82, 2.24) is 19.1 Å². The van der Waals surface area contributed by atoms with Crippen molar-refractivity contribution in [3.05, 3.63) is 97.5 Å². The Labute approximate surface area is 210 Å². The van der Waals surface area contributed by atoms with Crippen LogP contribution in [0.15, 0.2) is 59.5 Å². The summed E-state index contributed by atoms with van der Waals surface area (Å²) >= 11 is 12.1. The van der Waals surface area contributed by atoms with Crippen LogP contribution in [0.3, 0.4) is 0 Å². The SMILES string of the molecule is CCOC(=O)c1cnn2c3c(c(=O)n(-c4ccccc4)c12)CCN(C(=O)c1ccc(Cl)c(Cl)c1)C3. The van der Waals surface area contributed by atoms with E-state index in [1.807, 2.05) is 18.2 Å². The summed E-state index contributed by atoms with van der Waals surface area (Å²) < 4.78 is 8.25. The standard InChI is InChI=1S/C25H20Cl2N4O4/c1-2-35-25(34)18-13-28-31-21-14-29(23(32)15-8-9-19(26)20(27)12-15)11-10-17(21)24(33)30(22(18)31)16-6-4-3-5-7-16/h3-9,12-13H,2,10-11,14H2,1H3. The largest absolute Gasteiger partial charge is 0.462 e. The molecule has 35 heavy (non-hydrogen) atoms. The molecule has 0 saturated heterocycles. The summed E-state index contributed by atoms with van der Waals surface area (Å²) in [5.74, 6) is -0.821. The van der Waals surface area contributed by atoms with Gasteiger partial charge in [0.25, 0.3) is 11.5 Å². The topological polar surface area (TPSA) is 85.9 Å². The first-order valence-corrected chi connectivity index (χ1v) is 11.8. The molecule has 0 atom stereocenters. The van der Waals surface area contributed by atoms with Crippen molar-refractivity contribution in [3.63, 3.8) is 0 Å². The molecule has 0 saturated carbocycles. The van der Waals surface area contributed by atoms with E-state index in [1.165, 1.54) is 16.8 Å². The van der Waals surface area contributed by atoms with Crippen LogP contribution in [0.2, 0.25) is 10.0 Å². The second-order valence-electron chi connectivity index (χ2n) is 8.02. The highest BCUT2D eigenvalue weighted by molar-refractivity contribution is 6.42. The molecule has 0 aliphatic carbocycles. The van der Waals surface area contributed by atoms with Gasteiger partial charge in [0, 0.05) is 17.7 Å². The fraction of sp³-hybridized carbons (Fsp3) is 0.200. The first-order chi connectivity index (χ1) is 16.9. The third kappa shape index (κ3) is 3.98. The monoisotopic (exact) mass is 510 g/mol. The molecule has 2 aromatic heterocycles. The van der Waals surface area contributed by atoms with E-state index < -0.39 is 5.97 Å². The number of hydrogen-bond acceptors (Lipinski definition) is 5. The molecule has 3 heterocycles. The molecule has 8 nitrogen and oxygen atoms in total. The molecule has 0 unspecified atom stereocenters. The van der Waals surface area contributed by atoms with Crippen LogP contribution in [0.5, 0.6) is 0 Å². The lowest BCUT2D eigenvalue weighted by Gasteiger charge is -2.29. The average Bonchev–Trinajstić information content (AvgIpc) is 3.31. The fourth-order valence-electron chi connectivity index (χ4n) is 4.31. The molecule has 5 rings (SSSR count). The Kier molecular flexibility index (Phi) is 6.08. The number of rotatable bonds is 4. The zero-order valence-corrected chi connectivity index (χ0v) is 20.2. The predicted molar refractivity (Wildman–Crippen MR) is 132 cm³/mol. The third-order valence-corrected chi connectivity index (χ3v) is 6.70. The van der Waals surface area contributed by atoms with E-state index >= 15 is 0 Å². The minimum absolute atomic E-state index is 0.139. The normalized spacial score (nSPS) is 13.1. The zero-order chi connectivity index (χ0) is 24.7. The van der Waals surface area contributed by atoms with E-state index in [0.717, 1.165) is 0 Å². The number of halogens is 2. The molecule has 0 fully saturated rings. The Morgan fingerprint density at radius 1 is 1.09 bits per heavy atom. The Bertz CT molecular complexity index is 1530. The van der Waals surface area contributed by atoms with Gasteiger partial charge in [0.15, 0.2) is 5.65 Å². The van der Waals surface area contributed by atoms with Crippen molar-refractivity contribution in [1.29, 1.82) is 0 Å². The van der Waals surface area contributed by atoms with Crippen molar-refractivity contribution < 1.29 is 14.3 Å². The highest BCUT2D eigenvalue weighted by atomic mass is 35.5. The van der Waals surface area contributed by atoms with Crippen LogP contribution in [0.25, 0.3) is 11.3 Å². The summed E-state index contributed by atoms with van der Waals surface area (Å²) in [7, 11) is 0. The molecule has 0 bridgehead atoms. The van der Waals surface area contributed by atoms with E-state index in [9.17, 15) is 14.4 Å². The van der Waals surface area contributed by atoms with E-state index in [0.29, 0.717) is 46.1 Å². The van der Waals surface area contributed by atoms with Crippen molar-refractivity contribution in [2.24, 2.45) is 0 Å². The molecule has 0 radical (unpaired) electrons. The molecule has 2 aromatic carbocycles. The van der Waals surface area contributed by atoms with Gasteiger partial charge in [-0.05, 0) is 43.7 Å². The molecule has 10 heteroatoms. The maximum absolute atomic E-state index is 13.7. The molecule has 1 amide bonds. The minimum atomic E-state index is -0.578. The number of fused-ring (bicyclic) bond motifs is 3. The molecule has 1 aliphatic heterocycles. The highest BCUT2D eigenvalue weighted by Gasteiger charge is 2.30. The van der Waals surface area contributed by atoms with E-state index in [2.05, 4.69) is 5.10 Å². The maximum Gasteiger partial charge on any atom is 0.343 e. The molecular weight excluding hydrogens is 491 g/mol. The van der Waals surface area contributed by atoms with Crippen LogP contribution in [0.4, 0.5) is 0 Å². The first kappa shape index (κ1) is 23.1. The van der Waals surface area contributed by atoms with Crippen LogP contribution in [0.1, 0.15) is 38.9 Å². The van der Waals surface area contributed by atoms with Gasteiger partial charge in [-0.25, -0.2) is 9.31 Å². The van der Waals surface area contributed by atoms with E-state index in [4.69, 9.17) is 27.9 Å². The third-order valence-electron chi connectivity index (χ3n) is 5.96. The van der Waals surface area contributed by atoms with Gasteiger partial charge in [-0.15, -0.1) is 0 Å². The number of hydrogen-bond donors (Lipinski definition) is 0. The molecular formula is C25H20Cl2N4O4. The maximum atomic E-state index is 13.7. The molecule has 178 valence electrons. The average molecular weight is 511 g/mol. The molecule has 0 spiro atoms. The van der Waals surface area contributed by atoms with Crippen LogP contribution in [-0.2, 0) is 17.7 Å². The first-order valence-electron chi connectivity index (χ1n) is 11.0. The summed E-state index contributed by atoms with van der Waals surface area (Å²) in [4.78, 5) is 41.3. The van der Waals surface area contributed by atoms with Gasteiger partial charge in [-0.3, -0.25) is 14.2 Å². The molecule has 1 aliphatic rings. The van der Waals surface area contributed by atoms with Gasteiger partial charge in [0.2, 0.25) is 0 Å². The van der Waals surface area contributed by atoms with Crippen LogP contribution in [-0.4, -0.2) is 44.1 Å². The Morgan fingerprint density at radius 2 is 1.86 bits per heavy atom. The number of benzene rings is 2. The second kappa shape index (κ2) is 9.20. The summed E-state index contributed by atoms with van der Waals surface area (Å²) in [6, 6.07) is 13.8. The Balaban J connectivity index is 1.66. The van der Waals surface area contributed by atoms with Gasteiger partial charge >= 0.3 is 5.97 Å². The van der Waals surface area contributed by atoms with Gasteiger partial charge in [0.1, 0.15) is 5.56 Å². The zero-order valence-electron chi connectivity index (χ0n) is 18.7. The fourth-order valence-corrected chi connectivity index (χ4v) is 4.61. The smallest absolute Gasteiger partial charge is 0.343 e. The lowest BCUT2D eigenvalue weighted by molar-refractivity contribution is 0.0527. The highest BCUT2D eigenvalue weighted by Crippen LogP contribution is 2.26. The number of nitrogens with zero attached hydrogens (tertiary/aromatic N) is 4. The van der Waals surface area contributed by atoms with Crippen molar-refractivity contribution >= 4 is 40.7 Å². The van der Waals surface area contributed by atoms with E-state index in [1.54, 1.807) is 40.6 Å². The number of carbonyl (C=O) groups is 2. The molecule has 0 N–H and O–H groups in total. The van der Waals surface area contributed by atoms with Gasteiger partial charge in [-0.2, -0.15) is 5.10 Å². The number of para-hydroxylation sites is 1. The molecule has 4 aromatic rings. The van der Waals surface area contributed by atoms with Crippen LogP contribution < -0.4 is 5.56 Å². The van der Waals surface area contributed by atoms with E-state index in [-0.39, 0.29) is 35.2 Å². The van der Waals surface area contributed by atoms with Crippen molar-refractivity contribution in [2.45, 2.75) is 19.9 Å². The number of carbonyl (C=O) groups excluding carboxylic acids is 2. The summed E-state index contributed by atoms with van der Waals surface area (Å²) in [5, 5.41) is 5.08. The van der Waals surface area contributed by atoms with Crippen molar-refractivity contribution in [3.8, 4) is 5.69 Å². The predicted octanol–water partition coefficient (Wildman–Crippen LogP) is 4.17. The van der Waals surface area contributed by atoms with Crippen LogP contribution >= 0.6 is 23.2 Å². The van der Waals surface area contributed by atoms with Crippen molar-refractivity contribution in [2.75, 3.05) is 13.2 Å². The number of aromatic nitrogens is 3. The Hall–Kier alpha value is -3.62. The number of esters is 1. The quantitative estimate of drug-likeness (QED) is 0.384. The summed E-state index contributed by atoms with van der Waals surface area (Å²) in [5.41, 5.74) is 2.29. The van der Waals surface area contributed by atoms with Gasteiger partial charge < -0.3 is 9.64 Å². The minimum Gasteiger partial charge on any atom is -0.462 e. The second-order valence-corrected chi connectivity index (χ2v) is 8.84. The summed E-state index contributed by atoms with van der Waals surface area (Å²) in [6.07, 6.45) is 1.73. The number of amides is 1. The van der Waals surface area contributed by atoms with Gasteiger partial charge in [-0.1, -0.05) is 41.4 Å². The van der Waals surface area contributed by atoms with Gasteiger partial charge in [0.05, 0.1) is 40.8 Å². The lowest BCUT2D eigenvalue weighted by atomic mass is 10.0. The number of ether oxygens (including phenoxy) is 1. The lowest BCUT2D eigenvalue weighted by Crippen LogP contribution is -2.41.